The van der Waals surface area contributed by atoms with Gasteiger partial charge in [0.2, 0.25) is 0 Å². The molecule has 0 atom stereocenters. The standard InChI is InChI=1S/C7H12BNS/c1-6(8)3-4-7(5-9)10-2/h3-5H,1,8-9H2,2H3/b4-3-,7-5+. The number of nitrogens with two attached hydrogens (primary N) is 1. The summed E-state index contributed by atoms with van der Waals surface area (Å²) in [7, 11) is 1.95. The van der Waals surface area contributed by atoms with E-state index < -0.39 is 0 Å². The van der Waals surface area contributed by atoms with E-state index in [-0.39, 0.29) is 0 Å². The van der Waals surface area contributed by atoms with Crippen molar-refractivity contribution in [2.45, 2.75) is 0 Å². The monoisotopic (exact) mass is 153 g/mol. The lowest BCUT2D eigenvalue weighted by atomic mass is 9.98. The van der Waals surface area contributed by atoms with Gasteiger partial charge >= 0.3 is 0 Å². The van der Waals surface area contributed by atoms with Crippen molar-refractivity contribution in [3.05, 3.63) is 35.3 Å². The first-order valence-electron chi connectivity index (χ1n) is 3.00. The van der Waals surface area contributed by atoms with Gasteiger partial charge in [-0.15, -0.1) is 18.3 Å². The molecule has 0 aromatic heterocycles. The Morgan fingerprint density at radius 1 is 1.60 bits per heavy atom. The van der Waals surface area contributed by atoms with Gasteiger partial charge in [-0.05, 0) is 12.3 Å². The molecule has 0 unspecified atom stereocenters. The van der Waals surface area contributed by atoms with Crippen molar-refractivity contribution in [3.63, 3.8) is 0 Å². The molecule has 0 rings (SSSR count). The van der Waals surface area contributed by atoms with Gasteiger partial charge in [0.1, 0.15) is 7.85 Å². The Kier molecular flexibility index (Phi) is 4.94. The highest BCUT2D eigenvalue weighted by Crippen LogP contribution is 2.11. The minimum atomic E-state index is 1.04. The first-order valence-corrected chi connectivity index (χ1v) is 4.22. The van der Waals surface area contributed by atoms with Crippen molar-refractivity contribution in [3.8, 4) is 0 Å². The molecule has 0 radical (unpaired) electrons. The van der Waals surface area contributed by atoms with Gasteiger partial charge in [0.15, 0.2) is 0 Å². The number of thioether (sulfide) groups is 1. The molecule has 54 valence electrons. The van der Waals surface area contributed by atoms with Gasteiger partial charge in [0.25, 0.3) is 0 Å². The van der Waals surface area contributed by atoms with E-state index in [0.29, 0.717) is 0 Å². The minimum absolute atomic E-state index is 1.04. The first-order chi connectivity index (χ1) is 4.70. The molecule has 2 N–H and O–H groups in total. The van der Waals surface area contributed by atoms with Crippen LogP contribution in [0.15, 0.2) is 35.3 Å². The van der Waals surface area contributed by atoms with Crippen molar-refractivity contribution in [2.75, 3.05) is 6.26 Å². The van der Waals surface area contributed by atoms with E-state index >= 15 is 0 Å². The lowest BCUT2D eigenvalue weighted by Crippen LogP contribution is -1.81. The van der Waals surface area contributed by atoms with E-state index in [1.165, 1.54) is 0 Å². The predicted molar refractivity (Wildman–Crippen MR) is 52.6 cm³/mol. The Labute approximate surface area is 67.5 Å². The van der Waals surface area contributed by atoms with Gasteiger partial charge in [-0.25, -0.2) is 0 Å². The fraction of sp³-hybridized carbons (Fsp3) is 0.143. The molecule has 0 aliphatic carbocycles. The average molecular weight is 153 g/mol. The van der Waals surface area contributed by atoms with E-state index in [1.54, 1.807) is 18.0 Å². The van der Waals surface area contributed by atoms with Crippen molar-refractivity contribution in [2.24, 2.45) is 5.73 Å². The summed E-state index contributed by atoms with van der Waals surface area (Å²) in [6.07, 6.45) is 7.47. The maximum absolute atomic E-state index is 5.31. The molecule has 0 saturated carbocycles. The molecule has 0 heterocycles. The third-order valence-corrected chi connectivity index (χ3v) is 1.68. The van der Waals surface area contributed by atoms with E-state index in [1.807, 2.05) is 26.3 Å². The third kappa shape index (κ3) is 4.33. The largest absolute Gasteiger partial charge is 0.404 e. The van der Waals surface area contributed by atoms with Crippen LogP contribution in [-0.2, 0) is 0 Å². The zero-order valence-corrected chi connectivity index (χ0v) is 7.24. The number of allylic oxidation sites excluding steroid dienone is 3. The second kappa shape index (κ2) is 5.24. The number of hydrogen-bond donors (Lipinski definition) is 1. The molecule has 1 nitrogen and oxygen atoms in total. The van der Waals surface area contributed by atoms with Crippen LogP contribution < -0.4 is 5.73 Å². The molecule has 0 bridgehead atoms. The minimum Gasteiger partial charge on any atom is -0.404 e. The quantitative estimate of drug-likeness (QED) is 0.480. The molecule has 0 spiro atoms. The molecule has 0 aliphatic rings. The van der Waals surface area contributed by atoms with Crippen LogP contribution in [0.3, 0.4) is 0 Å². The van der Waals surface area contributed by atoms with Gasteiger partial charge in [-0.2, -0.15) is 0 Å². The van der Waals surface area contributed by atoms with Crippen LogP contribution in [0, 0.1) is 0 Å². The molecule has 0 saturated heterocycles. The van der Waals surface area contributed by atoms with Gasteiger partial charge in [0.05, 0.1) is 0 Å². The van der Waals surface area contributed by atoms with Crippen LogP contribution in [0.5, 0.6) is 0 Å². The average Bonchev–Trinajstić information content (AvgIpc) is 1.90. The third-order valence-electron chi connectivity index (χ3n) is 0.932. The van der Waals surface area contributed by atoms with Crippen molar-refractivity contribution in [1.29, 1.82) is 0 Å². The van der Waals surface area contributed by atoms with Gasteiger partial charge in [-0.1, -0.05) is 11.5 Å². The summed E-state index contributed by atoms with van der Waals surface area (Å²) in [5, 5.41) is 0. The second-order valence-electron chi connectivity index (χ2n) is 1.95. The summed E-state index contributed by atoms with van der Waals surface area (Å²) >= 11 is 1.62. The van der Waals surface area contributed by atoms with Crippen LogP contribution in [0.4, 0.5) is 0 Å². The normalized spacial score (nSPS) is 12.3. The highest BCUT2D eigenvalue weighted by Gasteiger charge is 1.83. The molecule has 0 fully saturated rings. The number of hydrogen-bond acceptors (Lipinski definition) is 2. The van der Waals surface area contributed by atoms with Crippen LogP contribution >= 0.6 is 11.8 Å². The van der Waals surface area contributed by atoms with E-state index in [0.717, 1.165) is 10.4 Å². The summed E-state index contributed by atoms with van der Waals surface area (Å²) in [6.45, 7) is 3.73. The smallest absolute Gasteiger partial charge is 0.138 e. The summed E-state index contributed by atoms with van der Waals surface area (Å²) < 4.78 is 0. The van der Waals surface area contributed by atoms with Crippen molar-refractivity contribution < 1.29 is 0 Å². The Bertz CT molecular complexity index is 172. The molecule has 3 heteroatoms. The Morgan fingerprint density at radius 2 is 2.20 bits per heavy atom. The Balaban J connectivity index is 3.98. The van der Waals surface area contributed by atoms with E-state index in [4.69, 9.17) is 5.73 Å². The maximum atomic E-state index is 5.31. The van der Waals surface area contributed by atoms with Gasteiger partial charge in [-0.3, -0.25) is 0 Å². The second-order valence-corrected chi connectivity index (χ2v) is 2.83. The lowest BCUT2D eigenvalue weighted by Gasteiger charge is -1.92. The summed E-state index contributed by atoms with van der Waals surface area (Å²) in [5.74, 6) is 0. The molecule has 0 amide bonds. The van der Waals surface area contributed by atoms with Crippen LogP contribution in [0.25, 0.3) is 0 Å². The first kappa shape index (κ1) is 9.43. The molecular formula is C7H12BNS. The zero-order chi connectivity index (χ0) is 7.98. The SMILES string of the molecule is BC(=C)/C=C\C(=C/N)SC. The summed E-state index contributed by atoms with van der Waals surface area (Å²) in [5.41, 5.74) is 6.34. The predicted octanol–water partition coefficient (Wildman–Crippen LogP) is 0.853. The van der Waals surface area contributed by atoms with Gasteiger partial charge < -0.3 is 5.73 Å². The molecular weight excluding hydrogens is 141 g/mol. The van der Waals surface area contributed by atoms with E-state index in [2.05, 4.69) is 6.58 Å². The summed E-state index contributed by atoms with van der Waals surface area (Å²) in [4.78, 5) is 1.06. The molecule has 0 aromatic rings. The maximum Gasteiger partial charge on any atom is 0.138 e. The lowest BCUT2D eigenvalue weighted by molar-refractivity contribution is 1.58. The van der Waals surface area contributed by atoms with E-state index in [9.17, 15) is 0 Å². The fourth-order valence-corrected chi connectivity index (χ4v) is 0.756. The van der Waals surface area contributed by atoms with Gasteiger partial charge in [0, 0.05) is 11.1 Å². The van der Waals surface area contributed by atoms with Crippen molar-refractivity contribution >= 4 is 19.6 Å². The highest BCUT2D eigenvalue weighted by molar-refractivity contribution is 8.02. The fourth-order valence-electron chi connectivity index (χ4n) is 0.416. The summed E-state index contributed by atoms with van der Waals surface area (Å²) in [6, 6.07) is 0. The van der Waals surface area contributed by atoms with Crippen molar-refractivity contribution in [1.82, 2.24) is 0 Å². The van der Waals surface area contributed by atoms with Crippen LogP contribution in [0.1, 0.15) is 0 Å². The Hall–Kier alpha value is -0.565. The number of rotatable bonds is 3. The van der Waals surface area contributed by atoms with Crippen LogP contribution in [-0.4, -0.2) is 14.1 Å². The molecule has 10 heavy (non-hydrogen) atoms. The highest BCUT2D eigenvalue weighted by atomic mass is 32.2. The zero-order valence-electron chi connectivity index (χ0n) is 6.42. The molecule has 0 aromatic carbocycles. The van der Waals surface area contributed by atoms with Crippen LogP contribution in [0.2, 0.25) is 0 Å². The Morgan fingerprint density at radius 3 is 2.50 bits per heavy atom. The molecule has 0 aliphatic heterocycles. The topological polar surface area (TPSA) is 26.0 Å².